The molecule has 0 aromatic heterocycles. The Hall–Kier alpha value is -1.55. The molecule has 1 aromatic carbocycles. The number of amides is 1. The number of rotatable bonds is 12. The van der Waals surface area contributed by atoms with Crippen LogP contribution in [0, 0.1) is 0 Å². The molecule has 0 heterocycles. The Kier molecular flexibility index (Phi) is 22.1. The van der Waals surface area contributed by atoms with Crippen molar-refractivity contribution in [1.82, 2.24) is 4.90 Å². The molecule has 0 aliphatic heterocycles. The van der Waals surface area contributed by atoms with Gasteiger partial charge in [0, 0.05) is 0 Å². The van der Waals surface area contributed by atoms with Crippen LogP contribution >= 0.6 is 0 Å². The minimum Gasteiger partial charge on any atom is -0.494 e. The zero-order chi connectivity index (χ0) is 20.0. The summed E-state index contributed by atoms with van der Waals surface area (Å²) in [5.41, 5.74) is 5.15. The fourth-order valence-electron chi connectivity index (χ4n) is 2.24. The predicted molar refractivity (Wildman–Crippen MR) is 114 cm³/mol. The number of hydrogen-bond donors (Lipinski definition) is 1. The first kappa shape index (κ1) is 26.7. The summed E-state index contributed by atoms with van der Waals surface area (Å²) in [6.07, 6.45) is 7.03. The Bertz CT molecular complexity index is 396. The van der Waals surface area contributed by atoms with Crippen LogP contribution in [-0.2, 0) is 4.79 Å². The van der Waals surface area contributed by atoms with Crippen LogP contribution in [0.5, 0.6) is 5.75 Å². The summed E-state index contributed by atoms with van der Waals surface area (Å²) in [5.74, 6) is 0.755. The first-order chi connectivity index (χ1) is 12.6. The summed E-state index contributed by atoms with van der Waals surface area (Å²) < 4.78 is 5.45. The number of primary amides is 1. The number of carbonyl (C=O) groups is 1. The number of unbranched alkanes of at least 4 members (excludes halogenated alkanes) is 3. The first-order valence-electron chi connectivity index (χ1n) is 10.3. The van der Waals surface area contributed by atoms with E-state index in [1.54, 1.807) is 0 Å². The van der Waals surface area contributed by atoms with Gasteiger partial charge in [-0.1, -0.05) is 72.1 Å². The third kappa shape index (κ3) is 18.8. The quantitative estimate of drug-likeness (QED) is 0.513. The van der Waals surface area contributed by atoms with Gasteiger partial charge < -0.3 is 10.5 Å². The Morgan fingerprint density at radius 1 is 0.923 bits per heavy atom. The van der Waals surface area contributed by atoms with E-state index in [2.05, 4.69) is 25.7 Å². The lowest BCUT2D eigenvalue weighted by atomic mass is 10.2. The third-order valence-corrected chi connectivity index (χ3v) is 3.51. The van der Waals surface area contributed by atoms with Crippen LogP contribution in [0.15, 0.2) is 30.3 Å². The Labute approximate surface area is 162 Å². The van der Waals surface area contributed by atoms with E-state index in [1.807, 2.05) is 44.2 Å². The summed E-state index contributed by atoms with van der Waals surface area (Å²) in [4.78, 5) is 12.8. The van der Waals surface area contributed by atoms with Crippen molar-refractivity contribution in [3.8, 4) is 5.75 Å². The Morgan fingerprint density at radius 2 is 1.54 bits per heavy atom. The van der Waals surface area contributed by atoms with Crippen molar-refractivity contribution in [1.29, 1.82) is 0 Å². The van der Waals surface area contributed by atoms with Crippen molar-refractivity contribution in [2.75, 3.05) is 26.2 Å². The van der Waals surface area contributed by atoms with E-state index in [0.717, 1.165) is 38.3 Å². The maximum Gasteiger partial charge on any atom is 0.231 e. The van der Waals surface area contributed by atoms with Crippen molar-refractivity contribution < 1.29 is 9.53 Å². The number of carbonyl (C=O) groups excluding carboxylic acids is 1. The monoisotopic (exact) mass is 366 g/mol. The first-order valence-corrected chi connectivity index (χ1v) is 10.3. The lowest BCUT2D eigenvalue weighted by Crippen LogP contribution is -2.35. The molecule has 0 fully saturated rings. The third-order valence-electron chi connectivity index (χ3n) is 3.51. The van der Waals surface area contributed by atoms with Gasteiger partial charge in [0.15, 0.2) is 0 Å². The van der Waals surface area contributed by atoms with E-state index in [0.29, 0.717) is 6.54 Å². The van der Waals surface area contributed by atoms with Gasteiger partial charge in [0.2, 0.25) is 5.91 Å². The summed E-state index contributed by atoms with van der Waals surface area (Å²) in [7, 11) is 0. The molecule has 0 saturated carbocycles. The molecule has 1 aromatic rings. The van der Waals surface area contributed by atoms with E-state index in [1.165, 1.54) is 25.7 Å². The van der Waals surface area contributed by atoms with Gasteiger partial charge in [-0.3, -0.25) is 9.69 Å². The molecule has 0 aliphatic carbocycles. The van der Waals surface area contributed by atoms with Gasteiger partial charge in [0.05, 0.1) is 13.2 Å². The molecule has 1 amide bonds. The highest BCUT2D eigenvalue weighted by Gasteiger charge is 2.05. The summed E-state index contributed by atoms with van der Waals surface area (Å²) >= 11 is 0. The van der Waals surface area contributed by atoms with Crippen molar-refractivity contribution >= 4 is 5.91 Å². The van der Waals surface area contributed by atoms with Crippen LogP contribution in [0.2, 0.25) is 0 Å². The smallest absolute Gasteiger partial charge is 0.231 e. The number of hydrogen-bond acceptors (Lipinski definition) is 3. The second-order valence-electron chi connectivity index (χ2n) is 5.96. The van der Waals surface area contributed by atoms with Gasteiger partial charge in [-0.15, -0.1) is 0 Å². The lowest BCUT2D eigenvalue weighted by Gasteiger charge is -2.19. The molecule has 1 rings (SSSR count). The van der Waals surface area contributed by atoms with Crippen LogP contribution in [0.3, 0.4) is 0 Å². The van der Waals surface area contributed by atoms with Crippen LogP contribution < -0.4 is 10.5 Å². The van der Waals surface area contributed by atoms with Gasteiger partial charge in [-0.25, -0.2) is 0 Å². The number of ether oxygens (including phenoxy) is 1. The number of para-hydroxylation sites is 1. The number of nitrogens with zero attached hydrogens (tertiary/aromatic N) is 1. The zero-order valence-corrected chi connectivity index (χ0v) is 17.8. The SMILES string of the molecule is CC.CCCCCN(CCC)CC(N)=O.CCCCOc1ccccc1. The Morgan fingerprint density at radius 3 is 2.04 bits per heavy atom. The summed E-state index contributed by atoms with van der Waals surface area (Å²) in [6.45, 7) is 13.7. The predicted octanol–water partition coefficient (Wildman–Crippen LogP) is 5.27. The van der Waals surface area contributed by atoms with E-state index < -0.39 is 0 Å². The fraction of sp³-hybridized carbons (Fsp3) is 0.682. The van der Waals surface area contributed by atoms with E-state index in [9.17, 15) is 4.79 Å². The molecule has 2 N–H and O–H groups in total. The van der Waals surface area contributed by atoms with Crippen molar-refractivity contribution in [3.05, 3.63) is 30.3 Å². The number of benzene rings is 1. The minimum absolute atomic E-state index is 0.218. The van der Waals surface area contributed by atoms with Gasteiger partial charge >= 0.3 is 0 Å². The molecular weight excluding hydrogens is 324 g/mol. The molecular formula is C22H42N2O2. The second kappa shape index (κ2) is 21.5. The normalized spacial score (nSPS) is 9.62. The van der Waals surface area contributed by atoms with E-state index >= 15 is 0 Å². The Balaban J connectivity index is 0. The minimum atomic E-state index is -0.218. The van der Waals surface area contributed by atoms with Crippen LogP contribution in [0.1, 0.15) is 73.1 Å². The highest BCUT2D eigenvalue weighted by atomic mass is 16.5. The van der Waals surface area contributed by atoms with Crippen LogP contribution in [0.25, 0.3) is 0 Å². The van der Waals surface area contributed by atoms with E-state index in [4.69, 9.17) is 10.5 Å². The highest BCUT2D eigenvalue weighted by molar-refractivity contribution is 5.75. The molecule has 0 aliphatic rings. The molecule has 0 radical (unpaired) electrons. The number of nitrogens with two attached hydrogens (primary N) is 1. The molecule has 0 unspecified atom stereocenters. The summed E-state index contributed by atoms with van der Waals surface area (Å²) in [5, 5.41) is 0. The fourth-order valence-corrected chi connectivity index (χ4v) is 2.24. The second-order valence-corrected chi connectivity index (χ2v) is 5.96. The standard InChI is InChI=1S/C10H22N2O.C10H14O.C2H6/c1-3-5-6-8-12(7-4-2)9-10(11)13;1-2-3-9-11-10-7-5-4-6-8-10;1-2/h3-9H2,1-2H3,(H2,11,13);4-8H,2-3,9H2,1H3;1-2H3. The highest BCUT2D eigenvalue weighted by Crippen LogP contribution is 2.08. The average molecular weight is 367 g/mol. The van der Waals surface area contributed by atoms with Crippen molar-refractivity contribution in [2.24, 2.45) is 5.73 Å². The van der Waals surface area contributed by atoms with Crippen molar-refractivity contribution in [2.45, 2.75) is 73.1 Å². The van der Waals surface area contributed by atoms with Crippen molar-refractivity contribution in [3.63, 3.8) is 0 Å². The molecule has 4 nitrogen and oxygen atoms in total. The maximum absolute atomic E-state index is 10.7. The molecule has 26 heavy (non-hydrogen) atoms. The molecule has 4 heteroatoms. The largest absolute Gasteiger partial charge is 0.494 e. The van der Waals surface area contributed by atoms with Gasteiger partial charge in [-0.2, -0.15) is 0 Å². The van der Waals surface area contributed by atoms with Crippen LogP contribution in [-0.4, -0.2) is 37.0 Å². The van der Waals surface area contributed by atoms with Gasteiger partial charge in [-0.05, 0) is 44.5 Å². The van der Waals surface area contributed by atoms with Crippen LogP contribution in [0.4, 0.5) is 0 Å². The molecule has 0 bridgehead atoms. The van der Waals surface area contributed by atoms with E-state index in [-0.39, 0.29) is 5.91 Å². The van der Waals surface area contributed by atoms with Gasteiger partial charge in [0.25, 0.3) is 0 Å². The van der Waals surface area contributed by atoms with Gasteiger partial charge in [0.1, 0.15) is 5.75 Å². The topological polar surface area (TPSA) is 55.6 Å². The lowest BCUT2D eigenvalue weighted by molar-refractivity contribution is -0.119. The maximum atomic E-state index is 10.7. The summed E-state index contributed by atoms with van der Waals surface area (Å²) in [6, 6.07) is 9.93. The average Bonchev–Trinajstić information content (AvgIpc) is 2.65. The zero-order valence-electron chi connectivity index (χ0n) is 17.8. The molecule has 0 saturated heterocycles. The molecule has 0 atom stereocenters. The molecule has 0 spiro atoms. The molecule has 152 valence electrons.